The van der Waals surface area contributed by atoms with Gasteiger partial charge in [-0.05, 0) is 38.0 Å². The Labute approximate surface area is 141 Å². The molecular weight excluding hydrogens is 306 g/mol. The predicted molar refractivity (Wildman–Crippen MR) is 92.4 cm³/mol. The van der Waals surface area contributed by atoms with Gasteiger partial charge in [0.2, 0.25) is 0 Å². The van der Waals surface area contributed by atoms with Crippen molar-refractivity contribution in [2.24, 2.45) is 5.41 Å². The molecule has 0 bridgehead atoms. The number of phenolic OH excluding ortho intramolecular Hbond substituents is 1. The number of ether oxygens (including phenoxy) is 1. The van der Waals surface area contributed by atoms with Crippen molar-refractivity contribution in [3.05, 3.63) is 52.1 Å². The van der Waals surface area contributed by atoms with Gasteiger partial charge in [0.05, 0.1) is 4.92 Å². The van der Waals surface area contributed by atoms with E-state index in [9.17, 15) is 15.2 Å². The van der Waals surface area contributed by atoms with E-state index in [-0.39, 0.29) is 22.5 Å². The second-order valence-electron chi connectivity index (χ2n) is 7.42. The molecule has 0 fully saturated rings. The van der Waals surface area contributed by atoms with Gasteiger partial charge in [-0.25, -0.2) is 0 Å². The van der Waals surface area contributed by atoms with Crippen LogP contribution in [0.5, 0.6) is 11.5 Å². The van der Waals surface area contributed by atoms with Crippen LogP contribution in [0, 0.1) is 15.5 Å². The van der Waals surface area contributed by atoms with Gasteiger partial charge < -0.3 is 9.84 Å². The van der Waals surface area contributed by atoms with Gasteiger partial charge in [-0.1, -0.05) is 26.0 Å². The van der Waals surface area contributed by atoms with Crippen molar-refractivity contribution < 1.29 is 14.8 Å². The maximum Gasteiger partial charge on any atom is 0.270 e. The molecular formula is C19H21NO4. The van der Waals surface area contributed by atoms with Crippen LogP contribution in [0.25, 0.3) is 11.1 Å². The Balaban J connectivity index is 2.21. The zero-order chi connectivity index (χ0) is 17.7. The summed E-state index contributed by atoms with van der Waals surface area (Å²) >= 11 is 0. The van der Waals surface area contributed by atoms with Crippen LogP contribution in [-0.4, -0.2) is 15.6 Å². The molecule has 126 valence electrons. The first-order valence-corrected chi connectivity index (χ1v) is 7.91. The first-order chi connectivity index (χ1) is 11.1. The van der Waals surface area contributed by atoms with Crippen molar-refractivity contribution >= 4 is 5.69 Å². The minimum atomic E-state index is -0.431. The van der Waals surface area contributed by atoms with Crippen LogP contribution >= 0.6 is 0 Å². The highest BCUT2D eigenvalue weighted by Gasteiger charge is 2.44. The highest BCUT2D eigenvalue weighted by Crippen LogP contribution is 2.50. The predicted octanol–water partition coefficient (Wildman–Crippen LogP) is 4.71. The lowest BCUT2D eigenvalue weighted by Gasteiger charge is -2.46. The standard InChI is InChI=1S/C19H21NO4/c1-18(2)11-14-16(24-19(18,3)4)9-8-15(21)17(14)12-6-5-7-13(10-12)20(22)23/h5-10,21H,11H2,1-4H3. The zero-order valence-corrected chi connectivity index (χ0v) is 14.3. The number of nitro benzene ring substituents is 1. The number of benzene rings is 2. The number of rotatable bonds is 2. The van der Waals surface area contributed by atoms with Gasteiger partial charge in [-0.3, -0.25) is 10.1 Å². The number of aromatic hydroxyl groups is 1. The van der Waals surface area contributed by atoms with Gasteiger partial charge in [0, 0.05) is 28.7 Å². The fourth-order valence-electron chi connectivity index (χ4n) is 3.05. The summed E-state index contributed by atoms with van der Waals surface area (Å²) in [5, 5.41) is 21.5. The van der Waals surface area contributed by atoms with Crippen molar-refractivity contribution in [3.8, 4) is 22.6 Å². The van der Waals surface area contributed by atoms with E-state index < -0.39 is 4.92 Å². The molecule has 0 spiro atoms. The largest absolute Gasteiger partial charge is 0.507 e. The maximum atomic E-state index is 11.1. The molecule has 0 aromatic heterocycles. The van der Waals surface area contributed by atoms with Gasteiger partial charge in [-0.15, -0.1) is 0 Å². The van der Waals surface area contributed by atoms with Crippen molar-refractivity contribution in [2.75, 3.05) is 0 Å². The molecule has 2 aromatic carbocycles. The van der Waals surface area contributed by atoms with E-state index in [1.165, 1.54) is 12.1 Å². The molecule has 1 N–H and O–H groups in total. The third-order valence-electron chi connectivity index (χ3n) is 5.21. The van der Waals surface area contributed by atoms with E-state index in [0.29, 0.717) is 17.5 Å². The average Bonchev–Trinajstić information content (AvgIpc) is 2.48. The second kappa shape index (κ2) is 5.23. The van der Waals surface area contributed by atoms with Crippen LogP contribution in [0.15, 0.2) is 36.4 Å². The van der Waals surface area contributed by atoms with Crippen LogP contribution in [-0.2, 0) is 6.42 Å². The van der Waals surface area contributed by atoms with Gasteiger partial charge in [0.25, 0.3) is 5.69 Å². The van der Waals surface area contributed by atoms with E-state index >= 15 is 0 Å². The van der Waals surface area contributed by atoms with Gasteiger partial charge in [0.1, 0.15) is 17.1 Å². The van der Waals surface area contributed by atoms with Gasteiger partial charge >= 0.3 is 0 Å². The lowest BCUT2D eigenvalue weighted by molar-refractivity contribution is -0.384. The Morgan fingerprint density at radius 3 is 2.54 bits per heavy atom. The fourth-order valence-corrected chi connectivity index (χ4v) is 3.05. The summed E-state index contributed by atoms with van der Waals surface area (Å²) < 4.78 is 6.18. The molecule has 24 heavy (non-hydrogen) atoms. The summed E-state index contributed by atoms with van der Waals surface area (Å²) in [5.74, 6) is 0.826. The van der Waals surface area contributed by atoms with Crippen molar-refractivity contribution in [3.63, 3.8) is 0 Å². The topological polar surface area (TPSA) is 72.6 Å². The average molecular weight is 327 g/mol. The third kappa shape index (κ3) is 2.50. The SMILES string of the molecule is CC1(C)Cc2c(ccc(O)c2-c2cccc([N+](=O)[O-])c2)OC1(C)C. The molecule has 0 saturated heterocycles. The highest BCUT2D eigenvalue weighted by molar-refractivity contribution is 5.78. The number of hydrogen-bond acceptors (Lipinski definition) is 4. The monoisotopic (exact) mass is 327 g/mol. The molecule has 0 atom stereocenters. The van der Waals surface area contributed by atoms with Crippen molar-refractivity contribution in [1.82, 2.24) is 0 Å². The minimum absolute atomic E-state index is 0.000760. The first-order valence-electron chi connectivity index (χ1n) is 7.91. The Kier molecular flexibility index (Phi) is 3.55. The third-order valence-corrected chi connectivity index (χ3v) is 5.21. The van der Waals surface area contributed by atoms with E-state index in [1.54, 1.807) is 24.3 Å². The fraction of sp³-hybridized carbons (Fsp3) is 0.368. The summed E-state index contributed by atoms with van der Waals surface area (Å²) in [4.78, 5) is 10.6. The number of non-ortho nitro benzene ring substituents is 1. The van der Waals surface area contributed by atoms with Crippen molar-refractivity contribution in [2.45, 2.75) is 39.7 Å². The van der Waals surface area contributed by atoms with Crippen LogP contribution in [0.2, 0.25) is 0 Å². The molecule has 2 aromatic rings. The Morgan fingerprint density at radius 2 is 1.88 bits per heavy atom. The Morgan fingerprint density at radius 1 is 1.17 bits per heavy atom. The lowest BCUT2D eigenvalue weighted by Crippen LogP contribution is -2.48. The van der Waals surface area contributed by atoms with Crippen LogP contribution < -0.4 is 4.74 Å². The number of nitro groups is 1. The van der Waals surface area contributed by atoms with E-state index in [1.807, 2.05) is 0 Å². The molecule has 0 aliphatic carbocycles. The zero-order valence-electron chi connectivity index (χ0n) is 14.3. The van der Waals surface area contributed by atoms with Crippen LogP contribution in [0.1, 0.15) is 33.3 Å². The molecule has 0 radical (unpaired) electrons. The van der Waals surface area contributed by atoms with Gasteiger partial charge in [-0.2, -0.15) is 0 Å². The van der Waals surface area contributed by atoms with Crippen LogP contribution in [0.3, 0.4) is 0 Å². The molecule has 0 saturated carbocycles. The molecule has 3 rings (SSSR count). The van der Waals surface area contributed by atoms with Gasteiger partial charge in [0.15, 0.2) is 0 Å². The quantitative estimate of drug-likeness (QED) is 0.640. The second-order valence-corrected chi connectivity index (χ2v) is 7.42. The summed E-state index contributed by atoms with van der Waals surface area (Å²) in [7, 11) is 0. The Bertz CT molecular complexity index is 824. The van der Waals surface area contributed by atoms with E-state index in [4.69, 9.17) is 4.74 Å². The van der Waals surface area contributed by atoms with Crippen molar-refractivity contribution in [1.29, 1.82) is 0 Å². The van der Waals surface area contributed by atoms with E-state index in [0.717, 1.165) is 11.3 Å². The summed E-state index contributed by atoms with van der Waals surface area (Å²) in [6.07, 6.45) is 0.710. The molecule has 1 aliphatic rings. The molecule has 0 unspecified atom stereocenters. The minimum Gasteiger partial charge on any atom is -0.507 e. The maximum absolute atomic E-state index is 11.1. The first kappa shape index (κ1) is 16.3. The van der Waals surface area contributed by atoms with E-state index in [2.05, 4.69) is 27.7 Å². The Hall–Kier alpha value is -2.56. The molecule has 1 aliphatic heterocycles. The smallest absolute Gasteiger partial charge is 0.270 e. The normalized spacial score (nSPS) is 17.7. The summed E-state index contributed by atoms with van der Waals surface area (Å²) in [6, 6.07) is 9.69. The molecule has 0 amide bonds. The summed E-state index contributed by atoms with van der Waals surface area (Å²) in [5.41, 5.74) is 1.62. The highest BCUT2D eigenvalue weighted by atomic mass is 16.6. The van der Waals surface area contributed by atoms with Crippen LogP contribution in [0.4, 0.5) is 5.69 Å². The number of hydrogen-bond donors (Lipinski definition) is 1. The number of fused-ring (bicyclic) bond motifs is 1. The molecule has 5 nitrogen and oxygen atoms in total. The molecule has 5 heteroatoms. The summed E-state index contributed by atoms with van der Waals surface area (Å²) in [6.45, 7) is 8.35. The number of phenols is 1. The lowest BCUT2D eigenvalue weighted by atomic mass is 9.70. The molecule has 1 heterocycles. The number of nitrogens with zero attached hydrogens (tertiary/aromatic N) is 1.